The highest BCUT2D eigenvalue weighted by atomic mass is 16.3. The molecule has 1 aromatic rings. The number of aliphatic hydroxyl groups is 1. The Balaban J connectivity index is 1.79. The number of hydrogen-bond donors (Lipinski definition) is 1. The monoisotopic (exact) mass is 287 g/mol. The minimum absolute atomic E-state index is 0.229. The molecule has 2 aliphatic rings. The van der Waals surface area contributed by atoms with Crippen molar-refractivity contribution in [3.63, 3.8) is 0 Å². The first-order chi connectivity index (χ1) is 10.1. The molecule has 1 aliphatic carbocycles. The molecule has 114 valence electrons. The molecule has 0 bridgehead atoms. The fourth-order valence-corrected chi connectivity index (χ4v) is 4.10. The van der Waals surface area contributed by atoms with Gasteiger partial charge in [-0.3, -0.25) is 4.79 Å². The molecule has 0 unspecified atom stereocenters. The minimum Gasteiger partial charge on any atom is -0.386 e. The van der Waals surface area contributed by atoms with Crippen LogP contribution in [-0.2, 0) is 10.2 Å². The zero-order chi connectivity index (χ0) is 14.9. The topological polar surface area (TPSA) is 40.5 Å². The summed E-state index contributed by atoms with van der Waals surface area (Å²) in [4.78, 5) is 14.9. The minimum atomic E-state index is -0.638. The Morgan fingerprint density at radius 2 is 1.81 bits per heavy atom. The van der Waals surface area contributed by atoms with Gasteiger partial charge >= 0.3 is 0 Å². The average Bonchev–Trinajstić information content (AvgIpc) is 2.96. The van der Waals surface area contributed by atoms with Crippen LogP contribution in [-0.4, -0.2) is 34.6 Å². The summed E-state index contributed by atoms with van der Waals surface area (Å²) in [6.07, 6.45) is 5.87. The highest BCUT2D eigenvalue weighted by Crippen LogP contribution is 2.44. The first kappa shape index (κ1) is 14.6. The molecule has 1 aliphatic heterocycles. The molecule has 0 radical (unpaired) electrons. The lowest BCUT2D eigenvalue weighted by Gasteiger charge is -2.49. The van der Waals surface area contributed by atoms with Crippen LogP contribution in [0.15, 0.2) is 30.3 Å². The van der Waals surface area contributed by atoms with Crippen molar-refractivity contribution >= 4 is 5.91 Å². The molecule has 1 heterocycles. The molecular weight excluding hydrogens is 262 g/mol. The van der Waals surface area contributed by atoms with E-state index in [2.05, 4.69) is 19.1 Å². The molecule has 1 N–H and O–H groups in total. The van der Waals surface area contributed by atoms with Gasteiger partial charge < -0.3 is 10.0 Å². The van der Waals surface area contributed by atoms with Crippen molar-refractivity contribution in [2.75, 3.05) is 13.1 Å². The summed E-state index contributed by atoms with van der Waals surface area (Å²) in [6.45, 7) is 3.09. The molecule has 1 saturated heterocycles. The number of amides is 1. The lowest BCUT2D eigenvalue weighted by molar-refractivity contribution is -0.162. The maximum atomic E-state index is 13.1. The Hall–Kier alpha value is -1.35. The van der Waals surface area contributed by atoms with Gasteiger partial charge in [-0.25, -0.2) is 0 Å². The van der Waals surface area contributed by atoms with Crippen LogP contribution in [0.2, 0.25) is 0 Å². The van der Waals surface area contributed by atoms with E-state index >= 15 is 0 Å². The normalized spacial score (nSPS) is 22.9. The molecule has 3 rings (SSSR count). The van der Waals surface area contributed by atoms with Crippen molar-refractivity contribution in [1.29, 1.82) is 0 Å². The molecule has 2 fully saturated rings. The van der Waals surface area contributed by atoms with Crippen LogP contribution in [0.25, 0.3) is 0 Å². The number of likely N-dealkylation sites (tertiary alicyclic amines) is 1. The summed E-state index contributed by atoms with van der Waals surface area (Å²) in [7, 11) is 0. The van der Waals surface area contributed by atoms with E-state index in [4.69, 9.17) is 0 Å². The summed E-state index contributed by atoms with van der Waals surface area (Å²) in [5.74, 6) is 0.229. The summed E-state index contributed by atoms with van der Waals surface area (Å²) >= 11 is 0. The fraction of sp³-hybridized carbons (Fsp3) is 0.611. The van der Waals surface area contributed by atoms with Crippen molar-refractivity contribution in [2.24, 2.45) is 0 Å². The number of benzene rings is 1. The summed E-state index contributed by atoms with van der Waals surface area (Å²) in [5.41, 5.74) is 0.175. The van der Waals surface area contributed by atoms with Crippen LogP contribution in [0.4, 0.5) is 0 Å². The zero-order valence-corrected chi connectivity index (χ0v) is 12.8. The second kappa shape index (κ2) is 5.45. The van der Waals surface area contributed by atoms with Crippen molar-refractivity contribution in [1.82, 2.24) is 4.90 Å². The fourth-order valence-electron chi connectivity index (χ4n) is 4.10. The number of hydrogen-bond acceptors (Lipinski definition) is 2. The molecule has 21 heavy (non-hydrogen) atoms. The Bertz CT molecular complexity index is 499. The SMILES string of the molecule is CCCC1(O)CN(C(=O)C2(c3ccccc3)CCCC2)C1. The highest BCUT2D eigenvalue weighted by Gasteiger charge is 2.51. The van der Waals surface area contributed by atoms with Crippen molar-refractivity contribution in [3.8, 4) is 0 Å². The number of carbonyl (C=O) groups is 1. The molecule has 3 nitrogen and oxygen atoms in total. The second-order valence-corrected chi connectivity index (χ2v) is 6.79. The first-order valence-corrected chi connectivity index (χ1v) is 8.17. The van der Waals surface area contributed by atoms with E-state index in [0.29, 0.717) is 13.1 Å². The van der Waals surface area contributed by atoms with Gasteiger partial charge in [-0.1, -0.05) is 56.5 Å². The number of rotatable bonds is 4. The van der Waals surface area contributed by atoms with E-state index < -0.39 is 5.60 Å². The van der Waals surface area contributed by atoms with E-state index in [-0.39, 0.29) is 11.3 Å². The molecule has 0 spiro atoms. The second-order valence-electron chi connectivity index (χ2n) is 6.79. The first-order valence-electron chi connectivity index (χ1n) is 8.17. The maximum absolute atomic E-state index is 13.1. The van der Waals surface area contributed by atoms with E-state index in [1.807, 2.05) is 23.1 Å². The van der Waals surface area contributed by atoms with Crippen molar-refractivity contribution in [3.05, 3.63) is 35.9 Å². The highest BCUT2D eigenvalue weighted by molar-refractivity contribution is 5.89. The van der Waals surface area contributed by atoms with E-state index in [0.717, 1.165) is 44.1 Å². The van der Waals surface area contributed by atoms with Gasteiger partial charge in [-0.15, -0.1) is 0 Å². The lowest BCUT2D eigenvalue weighted by Crippen LogP contribution is -2.66. The Morgan fingerprint density at radius 3 is 2.38 bits per heavy atom. The zero-order valence-electron chi connectivity index (χ0n) is 12.8. The van der Waals surface area contributed by atoms with Gasteiger partial charge in [0.15, 0.2) is 0 Å². The Kier molecular flexibility index (Phi) is 3.78. The third-order valence-corrected chi connectivity index (χ3v) is 5.17. The van der Waals surface area contributed by atoms with Crippen molar-refractivity contribution < 1.29 is 9.90 Å². The molecule has 3 heteroatoms. The van der Waals surface area contributed by atoms with Crippen LogP contribution >= 0.6 is 0 Å². The van der Waals surface area contributed by atoms with Crippen LogP contribution in [0, 0.1) is 0 Å². The molecule has 1 amide bonds. The van der Waals surface area contributed by atoms with Crippen LogP contribution < -0.4 is 0 Å². The van der Waals surface area contributed by atoms with Gasteiger partial charge in [-0.05, 0) is 24.8 Å². The molecular formula is C18H25NO2. The molecule has 0 atom stereocenters. The molecule has 1 aromatic carbocycles. The maximum Gasteiger partial charge on any atom is 0.233 e. The quantitative estimate of drug-likeness (QED) is 0.925. The van der Waals surface area contributed by atoms with Gasteiger partial charge in [0.2, 0.25) is 5.91 Å². The van der Waals surface area contributed by atoms with Crippen LogP contribution in [0.3, 0.4) is 0 Å². The van der Waals surface area contributed by atoms with Crippen LogP contribution in [0.1, 0.15) is 51.0 Å². The van der Waals surface area contributed by atoms with E-state index in [1.54, 1.807) is 0 Å². The standard InChI is InChI=1S/C18H25NO2/c1-2-10-17(21)13-19(14-17)16(20)18(11-6-7-12-18)15-8-4-3-5-9-15/h3-5,8-9,21H,2,6-7,10-14H2,1H3. The summed E-state index contributed by atoms with van der Waals surface area (Å²) < 4.78 is 0. The lowest BCUT2D eigenvalue weighted by atomic mass is 9.75. The van der Waals surface area contributed by atoms with Gasteiger partial charge in [0.05, 0.1) is 24.1 Å². The van der Waals surface area contributed by atoms with Gasteiger partial charge in [0, 0.05) is 0 Å². The number of β-amino-alcohol motifs (C(OH)–C–C–N with tert-alkyl or cyclic N) is 1. The van der Waals surface area contributed by atoms with Crippen LogP contribution in [0.5, 0.6) is 0 Å². The van der Waals surface area contributed by atoms with Gasteiger partial charge in [0.1, 0.15) is 0 Å². The Labute approximate surface area is 127 Å². The number of nitrogens with zero attached hydrogens (tertiary/aromatic N) is 1. The van der Waals surface area contributed by atoms with E-state index in [9.17, 15) is 9.90 Å². The predicted molar refractivity (Wildman–Crippen MR) is 83.0 cm³/mol. The summed E-state index contributed by atoms with van der Waals surface area (Å²) in [6, 6.07) is 10.2. The average molecular weight is 287 g/mol. The predicted octanol–water partition coefficient (Wildman–Crippen LogP) is 2.87. The molecule has 1 saturated carbocycles. The Morgan fingerprint density at radius 1 is 1.19 bits per heavy atom. The third kappa shape index (κ3) is 2.48. The smallest absolute Gasteiger partial charge is 0.233 e. The largest absolute Gasteiger partial charge is 0.386 e. The molecule has 0 aromatic heterocycles. The third-order valence-electron chi connectivity index (χ3n) is 5.17. The number of carbonyl (C=O) groups excluding carboxylic acids is 1. The van der Waals surface area contributed by atoms with Crippen molar-refractivity contribution in [2.45, 2.75) is 56.5 Å². The van der Waals surface area contributed by atoms with Gasteiger partial charge in [0.25, 0.3) is 0 Å². The van der Waals surface area contributed by atoms with E-state index in [1.165, 1.54) is 0 Å². The summed E-state index contributed by atoms with van der Waals surface area (Å²) in [5, 5.41) is 10.3. The van der Waals surface area contributed by atoms with Gasteiger partial charge in [-0.2, -0.15) is 0 Å².